The van der Waals surface area contributed by atoms with Crippen LogP contribution in [-0.4, -0.2) is 110 Å². The van der Waals surface area contributed by atoms with Crippen molar-refractivity contribution in [2.24, 2.45) is 0 Å². The molecule has 332 valence electrons. The predicted molar refractivity (Wildman–Crippen MR) is 234 cm³/mol. The summed E-state index contributed by atoms with van der Waals surface area (Å²) in [4.78, 5) is 68.0. The minimum atomic E-state index is -2.94. The average Bonchev–Trinajstić information content (AvgIpc) is 4.11. The molecule has 64 heavy (non-hydrogen) atoms. The highest BCUT2D eigenvalue weighted by molar-refractivity contribution is 7.13. The first-order valence-electron chi connectivity index (χ1n) is 21.7. The van der Waals surface area contributed by atoms with Gasteiger partial charge in [0.2, 0.25) is 11.8 Å². The van der Waals surface area contributed by atoms with Gasteiger partial charge in [-0.15, -0.1) is 11.3 Å². The van der Waals surface area contributed by atoms with Crippen LogP contribution in [-0.2, 0) is 40.4 Å². The lowest BCUT2D eigenvalue weighted by Gasteiger charge is -2.46. The van der Waals surface area contributed by atoms with Crippen LogP contribution in [0.15, 0.2) is 78.6 Å². The van der Waals surface area contributed by atoms with E-state index in [0.29, 0.717) is 79.7 Å². The molecule has 4 amide bonds. The summed E-state index contributed by atoms with van der Waals surface area (Å²) in [5, 5.41) is 10.5. The van der Waals surface area contributed by atoms with Crippen molar-refractivity contribution in [2.45, 2.75) is 75.8 Å². The van der Waals surface area contributed by atoms with Gasteiger partial charge in [-0.2, -0.15) is 0 Å². The number of piperidine rings is 2. The number of imide groups is 1. The lowest BCUT2D eigenvalue weighted by atomic mass is 9.97. The molecule has 5 aliphatic rings. The highest BCUT2D eigenvalue weighted by atomic mass is 32.1. The molecular weight excluding hydrogens is 846 g/mol. The van der Waals surface area contributed by atoms with E-state index < -0.39 is 41.7 Å². The zero-order chi connectivity index (χ0) is 44.1. The molecular formula is C46H47F3N10O4S. The summed E-state index contributed by atoms with van der Waals surface area (Å²) >= 11 is 1.26. The van der Waals surface area contributed by atoms with E-state index in [1.165, 1.54) is 22.3 Å². The van der Waals surface area contributed by atoms with Gasteiger partial charge in [-0.3, -0.25) is 39.6 Å². The molecule has 10 rings (SSSR count). The summed E-state index contributed by atoms with van der Waals surface area (Å²) in [5.74, 6) is -5.07. The smallest absolute Gasteiger partial charge is 0.275 e. The zero-order valence-corrected chi connectivity index (χ0v) is 35.8. The number of halogens is 3. The summed E-state index contributed by atoms with van der Waals surface area (Å²) < 4.78 is 49.8. The van der Waals surface area contributed by atoms with E-state index in [1.54, 1.807) is 28.9 Å². The van der Waals surface area contributed by atoms with Gasteiger partial charge >= 0.3 is 0 Å². The van der Waals surface area contributed by atoms with Crippen molar-refractivity contribution < 1.29 is 32.3 Å². The van der Waals surface area contributed by atoms with E-state index in [1.807, 2.05) is 58.0 Å². The molecule has 0 radical (unpaired) electrons. The monoisotopic (exact) mass is 892 g/mol. The summed E-state index contributed by atoms with van der Waals surface area (Å²) in [5.41, 5.74) is 5.47. The zero-order valence-electron chi connectivity index (χ0n) is 34.9. The van der Waals surface area contributed by atoms with Crippen LogP contribution in [0.1, 0.15) is 64.6 Å². The number of nitrogens with zero attached hydrogens (tertiary/aromatic N) is 7. The van der Waals surface area contributed by atoms with E-state index in [2.05, 4.69) is 30.8 Å². The number of imidazole rings is 1. The Hall–Kier alpha value is -6.11. The highest BCUT2D eigenvalue weighted by Crippen LogP contribution is 2.39. The minimum Gasteiger partial charge on any atom is -0.373 e. The van der Waals surface area contributed by atoms with Crippen LogP contribution in [0.5, 0.6) is 0 Å². The maximum Gasteiger partial charge on any atom is 0.275 e. The number of aromatic nitrogens is 3. The van der Waals surface area contributed by atoms with E-state index in [-0.39, 0.29) is 42.5 Å². The molecule has 3 aromatic carbocycles. The first kappa shape index (κ1) is 41.9. The van der Waals surface area contributed by atoms with Crippen molar-refractivity contribution >= 4 is 51.5 Å². The summed E-state index contributed by atoms with van der Waals surface area (Å²) in [6.45, 7) is 3.17. The number of benzene rings is 3. The van der Waals surface area contributed by atoms with Crippen molar-refractivity contribution in [2.75, 3.05) is 54.8 Å². The summed E-state index contributed by atoms with van der Waals surface area (Å²) in [6.07, 6.45) is 5.82. The minimum absolute atomic E-state index is 0.0844. The Bertz CT molecular complexity index is 2600. The number of para-hydroxylation sites is 1. The Kier molecular flexibility index (Phi) is 11.2. The summed E-state index contributed by atoms with van der Waals surface area (Å²) in [7, 11) is 0. The molecule has 7 heterocycles. The standard InChI is InChI=1S/C46H47F3N10O4S/c47-34-23-30(22-32-33(34)25-59(44(32)63)41(43(62)54-45-50-14-21-64-45)40-37-6-3-15-58(37)27-51-40)28-7-9-31(10-8-28)56-17-19-57(20-18-56)38-13-16-55(26-46(38,48)49)24-29-4-1-2-5-35(29)52-36-11-12-39(60)53-42(36)61/h1-2,4-5,7-10,14,21-23,27,36,38,41,52H,3,6,11-13,15-20,24-26H2,(H,50,54,62)(H,53,60,61). The number of thiazole rings is 1. The van der Waals surface area contributed by atoms with Gasteiger partial charge in [-0.05, 0) is 72.7 Å². The first-order chi connectivity index (χ1) is 31.0. The first-order valence-corrected chi connectivity index (χ1v) is 22.6. The van der Waals surface area contributed by atoms with Crippen LogP contribution in [0, 0.1) is 5.82 Å². The Morgan fingerprint density at radius 3 is 2.52 bits per heavy atom. The average molecular weight is 893 g/mol. The molecule has 0 bridgehead atoms. The molecule has 3 atom stereocenters. The fraction of sp³-hybridized carbons (Fsp3) is 0.391. The van der Waals surface area contributed by atoms with Crippen LogP contribution in [0.4, 0.5) is 29.7 Å². The van der Waals surface area contributed by atoms with E-state index in [4.69, 9.17) is 0 Å². The number of rotatable bonds is 11. The van der Waals surface area contributed by atoms with Gasteiger partial charge in [0.15, 0.2) is 11.2 Å². The van der Waals surface area contributed by atoms with Gasteiger partial charge in [0.25, 0.3) is 17.7 Å². The number of amides is 4. The van der Waals surface area contributed by atoms with Crippen LogP contribution in [0.2, 0.25) is 0 Å². The highest BCUT2D eigenvalue weighted by Gasteiger charge is 2.48. The molecule has 3 N–H and O–H groups in total. The fourth-order valence-electron chi connectivity index (χ4n) is 9.96. The number of aryl methyl sites for hydroxylation is 1. The number of carbonyl (C=O) groups excluding carboxylic acids is 4. The number of alkyl halides is 2. The number of fused-ring (bicyclic) bond motifs is 2. The Morgan fingerprint density at radius 1 is 0.938 bits per heavy atom. The number of hydrogen-bond donors (Lipinski definition) is 3. The SMILES string of the molecule is O=C1CCC(Nc2ccccc2CN2CCC(N3CCN(c4ccc(-c5cc(F)c6c(c5)C(=O)N(C(C(=O)Nc5nccs5)c5ncn7c5CCC7)C6)cc4)CC3)C(F)(F)C2)C(=O)N1. The molecule has 0 saturated carbocycles. The molecule has 5 aromatic rings. The molecule has 5 aliphatic heterocycles. The van der Waals surface area contributed by atoms with Gasteiger partial charge < -0.3 is 19.7 Å². The van der Waals surface area contributed by atoms with E-state index in [9.17, 15) is 19.2 Å². The third kappa shape index (κ3) is 8.13. The maximum absolute atomic E-state index is 16.0. The van der Waals surface area contributed by atoms with Gasteiger partial charge in [-0.1, -0.05) is 30.3 Å². The van der Waals surface area contributed by atoms with Gasteiger partial charge in [-0.25, -0.2) is 23.1 Å². The van der Waals surface area contributed by atoms with Crippen LogP contribution < -0.4 is 20.9 Å². The number of likely N-dealkylation sites (tertiary alicyclic amines) is 1. The number of carbonyl (C=O) groups is 4. The number of nitrogens with one attached hydrogen (secondary N) is 3. The molecule has 3 unspecified atom stereocenters. The number of hydrogen-bond acceptors (Lipinski definition) is 11. The number of anilines is 3. The second kappa shape index (κ2) is 17.1. The Morgan fingerprint density at radius 2 is 1.75 bits per heavy atom. The summed E-state index contributed by atoms with van der Waals surface area (Å²) in [6, 6.07) is 15.6. The molecule has 0 spiro atoms. The third-order valence-corrected chi connectivity index (χ3v) is 13.9. The van der Waals surface area contributed by atoms with Crippen LogP contribution in [0.3, 0.4) is 0 Å². The van der Waals surface area contributed by atoms with E-state index in [0.717, 1.165) is 36.3 Å². The van der Waals surface area contributed by atoms with Crippen LogP contribution >= 0.6 is 11.3 Å². The van der Waals surface area contributed by atoms with Crippen molar-refractivity contribution in [3.8, 4) is 11.1 Å². The topological polar surface area (TPSA) is 148 Å². The molecule has 3 fully saturated rings. The van der Waals surface area contributed by atoms with Gasteiger partial charge in [0, 0.05) is 92.0 Å². The van der Waals surface area contributed by atoms with Crippen molar-refractivity contribution in [3.05, 3.63) is 112 Å². The van der Waals surface area contributed by atoms with Gasteiger partial charge in [0.05, 0.1) is 31.2 Å². The predicted octanol–water partition coefficient (Wildman–Crippen LogP) is 5.68. The van der Waals surface area contributed by atoms with Gasteiger partial charge in [0.1, 0.15) is 11.9 Å². The molecule has 18 heteroatoms. The second-order valence-electron chi connectivity index (χ2n) is 17.2. The lowest BCUT2D eigenvalue weighted by molar-refractivity contribution is -0.133. The third-order valence-electron chi connectivity index (χ3n) is 13.2. The Balaban J connectivity index is 0.769. The molecule has 2 aromatic heterocycles. The van der Waals surface area contributed by atoms with Crippen molar-refractivity contribution in [1.82, 2.24) is 34.6 Å². The normalized spacial score (nSPS) is 21.7. The van der Waals surface area contributed by atoms with Crippen molar-refractivity contribution in [1.29, 1.82) is 0 Å². The largest absolute Gasteiger partial charge is 0.373 e. The van der Waals surface area contributed by atoms with Crippen molar-refractivity contribution in [3.63, 3.8) is 0 Å². The van der Waals surface area contributed by atoms with Crippen LogP contribution in [0.25, 0.3) is 11.1 Å². The molecule has 3 saturated heterocycles. The quantitative estimate of drug-likeness (QED) is 0.142. The molecule has 14 nitrogen and oxygen atoms in total. The maximum atomic E-state index is 16.0. The van der Waals surface area contributed by atoms with E-state index >= 15 is 13.2 Å². The number of piperazine rings is 1. The lowest BCUT2D eigenvalue weighted by Crippen LogP contribution is -2.61. The second-order valence-corrected chi connectivity index (χ2v) is 18.1. The molecule has 0 aliphatic carbocycles. The fourth-order valence-corrected chi connectivity index (χ4v) is 10.5. The Labute approximate surface area is 371 Å².